The average Bonchev–Trinajstić information content (AvgIpc) is 2.84. The Balaban J connectivity index is 2.01. The first-order valence-corrected chi connectivity index (χ1v) is 7.80. The molecule has 0 radical (unpaired) electrons. The van der Waals surface area contributed by atoms with Gasteiger partial charge in [-0.2, -0.15) is 5.10 Å². The molecule has 0 aliphatic carbocycles. The first kappa shape index (κ1) is 14.4. The molecule has 5 nitrogen and oxygen atoms in total. The third kappa shape index (κ3) is 2.78. The fraction of sp³-hybridized carbons (Fsp3) is 0.400. The van der Waals surface area contributed by atoms with Gasteiger partial charge < -0.3 is 14.8 Å². The largest absolute Gasteiger partial charge is 0.486 e. The zero-order chi connectivity index (χ0) is 14.8. The second-order valence-electron chi connectivity index (χ2n) is 4.90. The summed E-state index contributed by atoms with van der Waals surface area (Å²) in [5.41, 5.74) is 2.22. The lowest BCUT2D eigenvalue weighted by Gasteiger charge is -2.23. The number of rotatable bonds is 4. The number of hydrogen-bond acceptors (Lipinski definition) is 4. The highest BCUT2D eigenvalue weighted by molar-refractivity contribution is 9.10. The number of benzene rings is 1. The third-order valence-electron chi connectivity index (χ3n) is 3.52. The van der Waals surface area contributed by atoms with Crippen molar-refractivity contribution >= 4 is 15.9 Å². The minimum Gasteiger partial charge on any atom is -0.486 e. The monoisotopic (exact) mass is 351 g/mol. The molecule has 0 amide bonds. The number of aromatic nitrogens is 2. The van der Waals surface area contributed by atoms with E-state index in [0.29, 0.717) is 13.2 Å². The van der Waals surface area contributed by atoms with Gasteiger partial charge in [0.1, 0.15) is 13.2 Å². The maximum Gasteiger partial charge on any atom is 0.161 e. The van der Waals surface area contributed by atoms with Crippen molar-refractivity contribution in [1.29, 1.82) is 0 Å². The Hall–Kier alpha value is -1.53. The molecule has 0 saturated carbocycles. The van der Waals surface area contributed by atoms with Crippen LogP contribution in [-0.4, -0.2) is 29.5 Å². The van der Waals surface area contributed by atoms with E-state index in [1.165, 1.54) is 0 Å². The SMILES string of the molecule is CCNC(c1ccc2c(c1)OCCO2)c1c(Br)cnn1C. The van der Waals surface area contributed by atoms with Crippen LogP contribution in [0.1, 0.15) is 24.2 Å². The van der Waals surface area contributed by atoms with Gasteiger partial charge in [-0.3, -0.25) is 4.68 Å². The van der Waals surface area contributed by atoms with Gasteiger partial charge >= 0.3 is 0 Å². The number of fused-ring (bicyclic) bond motifs is 1. The van der Waals surface area contributed by atoms with Crippen LogP contribution in [0.4, 0.5) is 0 Å². The van der Waals surface area contributed by atoms with Gasteiger partial charge in [0.2, 0.25) is 0 Å². The molecular formula is C15H18BrN3O2. The van der Waals surface area contributed by atoms with Gasteiger partial charge in [0, 0.05) is 7.05 Å². The number of nitrogens with zero attached hydrogens (tertiary/aromatic N) is 2. The Kier molecular flexibility index (Phi) is 4.17. The Labute approximate surface area is 132 Å². The Morgan fingerprint density at radius 3 is 2.76 bits per heavy atom. The fourth-order valence-electron chi connectivity index (χ4n) is 2.56. The van der Waals surface area contributed by atoms with Crippen molar-refractivity contribution < 1.29 is 9.47 Å². The predicted molar refractivity (Wildman–Crippen MR) is 83.9 cm³/mol. The van der Waals surface area contributed by atoms with Gasteiger partial charge in [-0.05, 0) is 40.2 Å². The van der Waals surface area contributed by atoms with Crippen LogP contribution in [0, 0.1) is 0 Å². The van der Waals surface area contributed by atoms with E-state index in [1.54, 1.807) is 0 Å². The van der Waals surface area contributed by atoms with Crippen LogP contribution in [0.15, 0.2) is 28.9 Å². The number of aryl methyl sites for hydroxylation is 1. The Morgan fingerprint density at radius 2 is 2.10 bits per heavy atom. The summed E-state index contributed by atoms with van der Waals surface area (Å²) in [6, 6.07) is 6.13. The molecule has 1 atom stereocenters. The van der Waals surface area contributed by atoms with Crippen molar-refractivity contribution in [3.05, 3.63) is 40.1 Å². The summed E-state index contributed by atoms with van der Waals surface area (Å²) in [5, 5.41) is 7.81. The minimum atomic E-state index is 0.0488. The smallest absolute Gasteiger partial charge is 0.161 e. The lowest BCUT2D eigenvalue weighted by Crippen LogP contribution is -2.25. The van der Waals surface area contributed by atoms with Crippen LogP contribution < -0.4 is 14.8 Å². The molecule has 6 heteroatoms. The summed E-state index contributed by atoms with van der Waals surface area (Å²) in [5.74, 6) is 1.62. The second kappa shape index (κ2) is 6.07. The molecule has 1 unspecified atom stereocenters. The minimum absolute atomic E-state index is 0.0488. The lowest BCUT2D eigenvalue weighted by molar-refractivity contribution is 0.171. The first-order chi connectivity index (χ1) is 10.2. The van der Waals surface area contributed by atoms with Gasteiger partial charge in [-0.1, -0.05) is 13.0 Å². The molecule has 2 heterocycles. The number of halogens is 1. The van der Waals surface area contributed by atoms with Crippen molar-refractivity contribution in [2.75, 3.05) is 19.8 Å². The van der Waals surface area contributed by atoms with Crippen LogP contribution in [0.3, 0.4) is 0 Å². The fourth-order valence-corrected chi connectivity index (χ4v) is 3.14. The van der Waals surface area contributed by atoms with Crippen molar-refractivity contribution in [2.24, 2.45) is 7.05 Å². The quantitative estimate of drug-likeness (QED) is 0.919. The maximum absolute atomic E-state index is 5.68. The summed E-state index contributed by atoms with van der Waals surface area (Å²) in [7, 11) is 1.95. The van der Waals surface area contributed by atoms with E-state index in [4.69, 9.17) is 9.47 Å². The van der Waals surface area contributed by atoms with Crippen molar-refractivity contribution in [3.63, 3.8) is 0 Å². The Bertz CT molecular complexity index is 622. The number of hydrogen-bond donors (Lipinski definition) is 1. The van der Waals surface area contributed by atoms with Gasteiger partial charge in [-0.15, -0.1) is 0 Å². The standard InChI is InChI=1S/C15H18BrN3O2/c1-3-17-14(15-11(16)9-18-19(15)2)10-4-5-12-13(8-10)21-7-6-20-12/h4-5,8-9,14,17H,3,6-7H2,1-2H3. The highest BCUT2D eigenvalue weighted by atomic mass is 79.9. The Morgan fingerprint density at radius 1 is 1.33 bits per heavy atom. The van der Waals surface area contributed by atoms with Gasteiger partial charge in [0.15, 0.2) is 11.5 Å². The molecule has 0 spiro atoms. The van der Waals surface area contributed by atoms with E-state index in [-0.39, 0.29) is 6.04 Å². The highest BCUT2D eigenvalue weighted by Gasteiger charge is 2.22. The predicted octanol–water partition coefficient (Wildman–Crippen LogP) is 2.65. The number of ether oxygens (including phenoxy) is 2. The van der Waals surface area contributed by atoms with Crippen LogP contribution in [0.5, 0.6) is 11.5 Å². The van der Waals surface area contributed by atoms with E-state index in [0.717, 1.165) is 33.8 Å². The molecule has 1 aromatic carbocycles. The van der Waals surface area contributed by atoms with E-state index in [1.807, 2.05) is 30.1 Å². The summed E-state index contributed by atoms with van der Waals surface area (Å²) < 4.78 is 14.1. The first-order valence-electron chi connectivity index (χ1n) is 7.01. The van der Waals surface area contributed by atoms with Crippen molar-refractivity contribution in [3.8, 4) is 11.5 Å². The topological polar surface area (TPSA) is 48.3 Å². The molecule has 0 bridgehead atoms. The summed E-state index contributed by atoms with van der Waals surface area (Å²) >= 11 is 3.58. The molecule has 21 heavy (non-hydrogen) atoms. The number of nitrogens with one attached hydrogen (secondary N) is 1. The summed E-state index contributed by atoms with van der Waals surface area (Å²) in [6.07, 6.45) is 1.82. The van der Waals surface area contributed by atoms with E-state index in [2.05, 4.69) is 39.3 Å². The zero-order valence-electron chi connectivity index (χ0n) is 12.1. The summed E-state index contributed by atoms with van der Waals surface area (Å²) in [4.78, 5) is 0. The average molecular weight is 352 g/mol. The van der Waals surface area contributed by atoms with Crippen molar-refractivity contribution in [1.82, 2.24) is 15.1 Å². The van der Waals surface area contributed by atoms with Crippen LogP contribution in [0.25, 0.3) is 0 Å². The maximum atomic E-state index is 5.68. The molecular weight excluding hydrogens is 334 g/mol. The van der Waals surface area contributed by atoms with E-state index in [9.17, 15) is 0 Å². The van der Waals surface area contributed by atoms with Gasteiger partial charge in [0.25, 0.3) is 0 Å². The second-order valence-corrected chi connectivity index (χ2v) is 5.75. The van der Waals surface area contributed by atoms with Gasteiger partial charge in [-0.25, -0.2) is 0 Å². The highest BCUT2D eigenvalue weighted by Crippen LogP contribution is 2.35. The normalized spacial score (nSPS) is 15.0. The molecule has 1 aromatic heterocycles. The van der Waals surface area contributed by atoms with Crippen molar-refractivity contribution in [2.45, 2.75) is 13.0 Å². The van der Waals surface area contributed by atoms with E-state index >= 15 is 0 Å². The molecule has 1 aliphatic heterocycles. The molecule has 0 saturated heterocycles. The molecule has 0 fully saturated rings. The van der Waals surface area contributed by atoms with Crippen LogP contribution in [-0.2, 0) is 7.05 Å². The summed E-state index contributed by atoms with van der Waals surface area (Å²) in [6.45, 7) is 4.15. The lowest BCUT2D eigenvalue weighted by atomic mass is 10.0. The van der Waals surface area contributed by atoms with E-state index < -0.39 is 0 Å². The molecule has 3 rings (SSSR count). The molecule has 2 aromatic rings. The van der Waals surface area contributed by atoms with Crippen LogP contribution in [0.2, 0.25) is 0 Å². The molecule has 1 N–H and O–H groups in total. The molecule has 112 valence electrons. The zero-order valence-corrected chi connectivity index (χ0v) is 13.7. The molecule has 1 aliphatic rings. The van der Waals surface area contributed by atoms with Crippen LogP contribution >= 0.6 is 15.9 Å². The third-order valence-corrected chi connectivity index (χ3v) is 4.13. The van der Waals surface area contributed by atoms with Gasteiger partial charge in [0.05, 0.1) is 22.4 Å².